The van der Waals surface area contributed by atoms with Gasteiger partial charge in [0.1, 0.15) is 11.5 Å². The molecule has 6 nitrogen and oxygen atoms in total. The number of H-pyrrole nitrogens is 1. The van der Waals surface area contributed by atoms with Gasteiger partial charge < -0.3 is 10.1 Å². The summed E-state index contributed by atoms with van der Waals surface area (Å²) in [4.78, 5) is 12.0. The molecule has 0 unspecified atom stereocenters. The first kappa shape index (κ1) is 13.8. The Hall–Kier alpha value is -3.15. The van der Waals surface area contributed by atoms with Gasteiger partial charge in [-0.25, -0.2) is 0 Å². The fourth-order valence-electron chi connectivity index (χ4n) is 1.92. The second-order valence-corrected chi connectivity index (χ2v) is 4.65. The van der Waals surface area contributed by atoms with E-state index < -0.39 is 0 Å². The van der Waals surface area contributed by atoms with Crippen LogP contribution in [0.15, 0.2) is 54.6 Å². The van der Waals surface area contributed by atoms with Crippen LogP contribution in [0.25, 0.3) is 0 Å². The van der Waals surface area contributed by atoms with Crippen LogP contribution in [0.5, 0.6) is 11.5 Å². The van der Waals surface area contributed by atoms with E-state index in [1.54, 1.807) is 31.2 Å². The number of aryl methyl sites for hydroxylation is 1. The minimum Gasteiger partial charge on any atom is -0.457 e. The minimum absolute atomic E-state index is 0.282. The number of nitrogens with one attached hydrogen (secondary N) is 2. The Labute approximate surface area is 127 Å². The maximum atomic E-state index is 12.0. The molecular formula is C16H14N4O2. The second kappa shape index (κ2) is 6.09. The number of aromatic amines is 1. The molecule has 6 heteroatoms. The van der Waals surface area contributed by atoms with Crippen molar-refractivity contribution in [1.82, 2.24) is 15.4 Å². The molecule has 3 rings (SSSR count). The normalized spacial score (nSPS) is 10.2. The van der Waals surface area contributed by atoms with Gasteiger partial charge in [0, 0.05) is 5.69 Å². The molecule has 0 atom stereocenters. The first-order chi connectivity index (χ1) is 10.7. The topological polar surface area (TPSA) is 79.9 Å². The molecule has 1 heterocycles. The van der Waals surface area contributed by atoms with Crippen molar-refractivity contribution in [2.24, 2.45) is 0 Å². The number of ether oxygens (including phenoxy) is 1. The third-order valence-electron chi connectivity index (χ3n) is 3.03. The largest absolute Gasteiger partial charge is 0.457 e. The summed E-state index contributed by atoms with van der Waals surface area (Å²) in [5.41, 5.74) is 1.50. The van der Waals surface area contributed by atoms with E-state index in [1.165, 1.54) is 0 Å². The minimum atomic E-state index is -0.303. The lowest BCUT2D eigenvalue weighted by atomic mass is 10.2. The van der Waals surface area contributed by atoms with Crippen LogP contribution in [0.2, 0.25) is 0 Å². The number of para-hydroxylation sites is 1. The van der Waals surface area contributed by atoms with Crippen molar-refractivity contribution in [3.8, 4) is 11.5 Å². The van der Waals surface area contributed by atoms with Gasteiger partial charge in [-0.05, 0) is 43.3 Å². The van der Waals surface area contributed by atoms with Crippen molar-refractivity contribution in [3.05, 3.63) is 66.0 Å². The molecule has 2 aromatic carbocycles. The summed E-state index contributed by atoms with van der Waals surface area (Å²) in [5, 5.41) is 12.8. The number of benzene rings is 2. The van der Waals surface area contributed by atoms with Crippen LogP contribution in [0.4, 0.5) is 5.69 Å². The predicted octanol–water partition coefficient (Wildman–Crippen LogP) is 3.16. The van der Waals surface area contributed by atoms with Crippen molar-refractivity contribution in [1.29, 1.82) is 0 Å². The van der Waals surface area contributed by atoms with E-state index in [2.05, 4.69) is 20.7 Å². The molecule has 22 heavy (non-hydrogen) atoms. The van der Waals surface area contributed by atoms with Crippen molar-refractivity contribution in [2.75, 3.05) is 5.32 Å². The number of aromatic nitrogens is 3. The van der Waals surface area contributed by atoms with E-state index in [0.29, 0.717) is 17.1 Å². The molecule has 0 fully saturated rings. The summed E-state index contributed by atoms with van der Waals surface area (Å²) in [6.07, 6.45) is 0. The highest BCUT2D eigenvalue weighted by Gasteiger charge is 2.13. The van der Waals surface area contributed by atoms with Crippen LogP contribution in [-0.4, -0.2) is 21.3 Å². The maximum Gasteiger partial charge on any atom is 0.278 e. The van der Waals surface area contributed by atoms with Crippen LogP contribution in [0.3, 0.4) is 0 Å². The number of nitrogens with zero attached hydrogens (tertiary/aromatic N) is 2. The third-order valence-corrected chi connectivity index (χ3v) is 3.03. The van der Waals surface area contributed by atoms with E-state index in [4.69, 9.17) is 4.74 Å². The smallest absolute Gasteiger partial charge is 0.278 e. The van der Waals surface area contributed by atoms with Crippen LogP contribution in [-0.2, 0) is 0 Å². The summed E-state index contributed by atoms with van der Waals surface area (Å²) in [7, 11) is 0. The van der Waals surface area contributed by atoms with E-state index in [9.17, 15) is 4.79 Å². The zero-order valence-electron chi connectivity index (χ0n) is 11.9. The number of rotatable bonds is 4. The lowest BCUT2D eigenvalue weighted by molar-refractivity contribution is 0.102. The van der Waals surface area contributed by atoms with Gasteiger partial charge in [0.25, 0.3) is 5.91 Å². The molecular weight excluding hydrogens is 280 g/mol. The molecule has 3 aromatic rings. The number of carbonyl (C=O) groups is 1. The van der Waals surface area contributed by atoms with Crippen LogP contribution in [0, 0.1) is 6.92 Å². The lowest BCUT2D eigenvalue weighted by Crippen LogP contribution is -2.13. The first-order valence-electron chi connectivity index (χ1n) is 6.74. The molecule has 0 saturated carbocycles. The lowest BCUT2D eigenvalue weighted by Gasteiger charge is -2.07. The zero-order valence-corrected chi connectivity index (χ0v) is 11.9. The van der Waals surface area contributed by atoms with Crippen molar-refractivity contribution in [3.63, 3.8) is 0 Å². The zero-order chi connectivity index (χ0) is 15.4. The van der Waals surface area contributed by atoms with Gasteiger partial charge >= 0.3 is 0 Å². The van der Waals surface area contributed by atoms with Crippen LogP contribution < -0.4 is 10.1 Å². The number of carbonyl (C=O) groups excluding carboxylic acids is 1. The molecule has 0 spiro atoms. The van der Waals surface area contributed by atoms with Gasteiger partial charge in [0.15, 0.2) is 5.69 Å². The second-order valence-electron chi connectivity index (χ2n) is 4.65. The Bertz CT molecular complexity index is 766. The molecule has 2 N–H and O–H groups in total. The Kier molecular flexibility index (Phi) is 3.82. The number of anilines is 1. The molecule has 0 aliphatic carbocycles. The third kappa shape index (κ3) is 3.12. The van der Waals surface area contributed by atoms with Gasteiger partial charge in [0.2, 0.25) is 0 Å². The molecule has 0 bridgehead atoms. The van der Waals surface area contributed by atoms with Gasteiger partial charge in [-0.2, -0.15) is 15.4 Å². The van der Waals surface area contributed by atoms with E-state index in [1.807, 2.05) is 30.3 Å². The maximum absolute atomic E-state index is 12.0. The quantitative estimate of drug-likeness (QED) is 0.774. The molecule has 0 aliphatic rings. The summed E-state index contributed by atoms with van der Waals surface area (Å²) in [6, 6.07) is 16.6. The van der Waals surface area contributed by atoms with E-state index >= 15 is 0 Å². The van der Waals surface area contributed by atoms with Crippen molar-refractivity contribution in [2.45, 2.75) is 6.92 Å². The van der Waals surface area contributed by atoms with Crippen LogP contribution >= 0.6 is 0 Å². The average Bonchev–Trinajstić information content (AvgIpc) is 2.96. The molecule has 0 aliphatic heterocycles. The molecule has 1 amide bonds. The van der Waals surface area contributed by atoms with Crippen molar-refractivity contribution >= 4 is 11.6 Å². The van der Waals surface area contributed by atoms with Gasteiger partial charge in [-0.15, -0.1) is 0 Å². The summed E-state index contributed by atoms with van der Waals surface area (Å²) < 4.78 is 5.69. The fourth-order valence-corrected chi connectivity index (χ4v) is 1.92. The van der Waals surface area contributed by atoms with Gasteiger partial charge in [0.05, 0.1) is 5.69 Å². The highest BCUT2D eigenvalue weighted by molar-refractivity contribution is 6.03. The molecule has 110 valence electrons. The molecule has 0 radical (unpaired) electrons. The Morgan fingerprint density at radius 3 is 2.32 bits per heavy atom. The predicted molar refractivity (Wildman–Crippen MR) is 82.0 cm³/mol. The van der Waals surface area contributed by atoms with E-state index in [0.717, 1.165) is 5.75 Å². The monoisotopic (exact) mass is 294 g/mol. The average molecular weight is 294 g/mol. The summed E-state index contributed by atoms with van der Waals surface area (Å²) >= 11 is 0. The first-order valence-corrected chi connectivity index (χ1v) is 6.74. The summed E-state index contributed by atoms with van der Waals surface area (Å²) in [5.74, 6) is 1.15. The van der Waals surface area contributed by atoms with Crippen molar-refractivity contribution < 1.29 is 9.53 Å². The van der Waals surface area contributed by atoms with Crippen LogP contribution in [0.1, 0.15) is 16.2 Å². The highest BCUT2D eigenvalue weighted by Crippen LogP contribution is 2.22. The SMILES string of the molecule is Cc1n[nH]nc1C(=O)Nc1ccc(Oc2ccccc2)cc1. The molecule has 0 saturated heterocycles. The Morgan fingerprint density at radius 1 is 1.00 bits per heavy atom. The Balaban J connectivity index is 1.67. The Morgan fingerprint density at radius 2 is 1.68 bits per heavy atom. The van der Waals surface area contributed by atoms with Gasteiger partial charge in [-0.1, -0.05) is 18.2 Å². The van der Waals surface area contributed by atoms with Gasteiger partial charge in [-0.3, -0.25) is 4.79 Å². The summed E-state index contributed by atoms with van der Waals surface area (Å²) in [6.45, 7) is 1.72. The highest BCUT2D eigenvalue weighted by atomic mass is 16.5. The number of hydrogen-bond acceptors (Lipinski definition) is 4. The number of hydrogen-bond donors (Lipinski definition) is 2. The standard InChI is InChI=1S/C16H14N4O2/c1-11-15(19-20-18-11)16(21)17-12-7-9-14(10-8-12)22-13-5-3-2-4-6-13/h2-10H,1H3,(H,17,21)(H,18,19,20). The fraction of sp³-hybridized carbons (Fsp3) is 0.0625. The van der Waals surface area contributed by atoms with E-state index in [-0.39, 0.29) is 11.6 Å². The molecule has 1 aromatic heterocycles. The number of amides is 1.